The molecule has 0 saturated heterocycles. The number of pyridine rings is 1. The number of halogens is 2. The predicted octanol–water partition coefficient (Wildman–Crippen LogP) is 0.304. The van der Waals surface area contributed by atoms with Gasteiger partial charge in [-0.15, -0.1) is 0 Å². The molecule has 19 heavy (non-hydrogen) atoms. The van der Waals surface area contributed by atoms with E-state index in [4.69, 9.17) is 0 Å². The molecule has 0 radical (unpaired) electrons. The topological polar surface area (TPSA) is 32.6 Å². The third-order valence-corrected chi connectivity index (χ3v) is 3.35. The number of nitrogens with one attached hydrogen (secondary N) is 1. The van der Waals surface area contributed by atoms with Gasteiger partial charge in [-0.1, -0.05) is 12.1 Å². The second-order valence-corrected chi connectivity index (χ2v) is 5.09. The molecule has 0 aliphatic carbocycles. The first-order valence-electron chi connectivity index (χ1n) is 5.91. The molecule has 0 bridgehead atoms. The van der Waals surface area contributed by atoms with Gasteiger partial charge >= 0.3 is 0 Å². The van der Waals surface area contributed by atoms with Crippen LogP contribution in [0.25, 0.3) is 22.4 Å². The SMILES string of the molecule is CC[n+]1cc(Br)cc(-c2nc3ccccc3[nH]2)c1.[I-]. The minimum atomic E-state index is 0. The van der Waals surface area contributed by atoms with Gasteiger partial charge in [0.1, 0.15) is 12.4 Å². The molecule has 98 valence electrons. The Hall–Kier alpha value is -0.950. The van der Waals surface area contributed by atoms with Crippen LogP contribution in [0.3, 0.4) is 0 Å². The minimum Gasteiger partial charge on any atom is -1.00 e. The fourth-order valence-electron chi connectivity index (χ4n) is 2.00. The summed E-state index contributed by atoms with van der Waals surface area (Å²) in [5.74, 6) is 0.903. The highest BCUT2D eigenvalue weighted by atomic mass is 127. The molecule has 2 heterocycles. The molecule has 3 aromatic rings. The molecule has 0 unspecified atom stereocenters. The lowest BCUT2D eigenvalue weighted by Gasteiger charge is -1.97. The van der Waals surface area contributed by atoms with Gasteiger partial charge in [-0.05, 0) is 41.1 Å². The number of imidazole rings is 1. The number of benzene rings is 1. The van der Waals surface area contributed by atoms with Crippen LogP contribution in [0.5, 0.6) is 0 Å². The van der Waals surface area contributed by atoms with Gasteiger partial charge in [-0.2, -0.15) is 0 Å². The Balaban J connectivity index is 0.00000133. The summed E-state index contributed by atoms with van der Waals surface area (Å²) in [5, 5.41) is 0. The van der Waals surface area contributed by atoms with E-state index >= 15 is 0 Å². The monoisotopic (exact) mass is 429 g/mol. The van der Waals surface area contributed by atoms with Crippen molar-refractivity contribution in [2.45, 2.75) is 13.5 Å². The van der Waals surface area contributed by atoms with Crippen molar-refractivity contribution in [3.05, 3.63) is 47.2 Å². The van der Waals surface area contributed by atoms with Crippen LogP contribution in [-0.2, 0) is 6.54 Å². The fraction of sp³-hybridized carbons (Fsp3) is 0.143. The number of nitrogens with zero attached hydrogens (tertiary/aromatic N) is 2. The van der Waals surface area contributed by atoms with Crippen LogP contribution in [0.1, 0.15) is 6.92 Å². The lowest BCUT2D eigenvalue weighted by atomic mass is 10.2. The number of hydrogen-bond donors (Lipinski definition) is 1. The number of aromatic nitrogens is 3. The van der Waals surface area contributed by atoms with E-state index in [0.29, 0.717) is 0 Å². The number of hydrogen-bond acceptors (Lipinski definition) is 1. The van der Waals surface area contributed by atoms with Crippen molar-refractivity contribution in [1.82, 2.24) is 9.97 Å². The van der Waals surface area contributed by atoms with E-state index in [1.54, 1.807) is 0 Å². The van der Waals surface area contributed by atoms with Crippen LogP contribution >= 0.6 is 15.9 Å². The van der Waals surface area contributed by atoms with Crippen molar-refractivity contribution in [2.24, 2.45) is 0 Å². The average molecular weight is 430 g/mol. The first kappa shape index (κ1) is 14.5. The van der Waals surface area contributed by atoms with Gasteiger partial charge in [0, 0.05) is 0 Å². The Bertz CT molecular complexity index is 676. The van der Waals surface area contributed by atoms with Crippen molar-refractivity contribution in [3.63, 3.8) is 0 Å². The highest BCUT2D eigenvalue weighted by Crippen LogP contribution is 2.21. The lowest BCUT2D eigenvalue weighted by molar-refractivity contribution is -0.693. The largest absolute Gasteiger partial charge is 1.00 e. The zero-order chi connectivity index (χ0) is 12.5. The molecule has 3 nitrogen and oxygen atoms in total. The molecule has 3 rings (SSSR count). The molecule has 0 fully saturated rings. The minimum absolute atomic E-state index is 0. The van der Waals surface area contributed by atoms with Crippen molar-refractivity contribution in [3.8, 4) is 11.4 Å². The van der Waals surface area contributed by atoms with E-state index in [1.165, 1.54) is 0 Å². The number of rotatable bonds is 2. The second kappa shape index (κ2) is 6.00. The van der Waals surface area contributed by atoms with E-state index in [1.807, 2.05) is 24.3 Å². The Morgan fingerprint density at radius 1 is 1.26 bits per heavy atom. The lowest BCUT2D eigenvalue weighted by Crippen LogP contribution is -3.00. The van der Waals surface area contributed by atoms with Crippen LogP contribution < -0.4 is 28.5 Å². The van der Waals surface area contributed by atoms with Crippen molar-refractivity contribution < 1.29 is 28.5 Å². The zero-order valence-corrected chi connectivity index (χ0v) is 14.1. The molecule has 2 aromatic heterocycles. The standard InChI is InChI=1S/C14H13BrN3.HI/c1-2-18-8-10(7-11(15)9-18)14-16-12-5-3-4-6-13(12)17-14;/h3-9H,2H2,1H3,(H,16,17);1H/q+1;/p-1. The van der Waals surface area contributed by atoms with E-state index in [0.717, 1.165) is 33.4 Å². The molecule has 0 saturated carbocycles. The molecule has 0 amide bonds. The van der Waals surface area contributed by atoms with Crippen LogP contribution in [-0.4, -0.2) is 9.97 Å². The van der Waals surface area contributed by atoms with Gasteiger partial charge in [0.2, 0.25) is 0 Å². The first-order chi connectivity index (χ1) is 8.76. The van der Waals surface area contributed by atoms with E-state index in [9.17, 15) is 0 Å². The highest BCUT2D eigenvalue weighted by Gasteiger charge is 2.10. The van der Waals surface area contributed by atoms with Crippen molar-refractivity contribution in [2.75, 3.05) is 0 Å². The molecule has 0 spiro atoms. The van der Waals surface area contributed by atoms with Crippen molar-refractivity contribution in [1.29, 1.82) is 0 Å². The van der Waals surface area contributed by atoms with Crippen LogP contribution in [0.15, 0.2) is 47.2 Å². The third-order valence-electron chi connectivity index (χ3n) is 2.92. The number of para-hydroxylation sites is 2. The normalized spacial score (nSPS) is 10.4. The summed E-state index contributed by atoms with van der Waals surface area (Å²) in [6.07, 6.45) is 4.16. The number of fused-ring (bicyclic) bond motifs is 1. The van der Waals surface area contributed by atoms with E-state index in [2.05, 4.69) is 55.8 Å². The van der Waals surface area contributed by atoms with Gasteiger partial charge in [-0.3, -0.25) is 0 Å². The van der Waals surface area contributed by atoms with Crippen molar-refractivity contribution >= 4 is 27.0 Å². The molecule has 0 atom stereocenters. The smallest absolute Gasteiger partial charge is 0.183 e. The van der Waals surface area contributed by atoms with Gasteiger partial charge in [-0.25, -0.2) is 9.55 Å². The highest BCUT2D eigenvalue weighted by molar-refractivity contribution is 9.10. The first-order valence-corrected chi connectivity index (χ1v) is 6.70. The summed E-state index contributed by atoms with van der Waals surface area (Å²) >= 11 is 3.53. The molecular weight excluding hydrogens is 417 g/mol. The Morgan fingerprint density at radius 2 is 2.05 bits per heavy atom. The number of aryl methyl sites for hydroxylation is 1. The summed E-state index contributed by atoms with van der Waals surface area (Å²) in [6.45, 7) is 3.06. The molecule has 0 aliphatic rings. The molecule has 0 aliphatic heterocycles. The fourth-order valence-corrected chi connectivity index (χ4v) is 2.51. The van der Waals surface area contributed by atoms with Gasteiger partial charge in [0.15, 0.2) is 12.4 Å². The maximum Gasteiger partial charge on any atom is 0.183 e. The summed E-state index contributed by atoms with van der Waals surface area (Å²) in [5.41, 5.74) is 3.15. The molecule has 1 aromatic carbocycles. The summed E-state index contributed by atoms with van der Waals surface area (Å²) in [4.78, 5) is 7.95. The number of aromatic amines is 1. The summed E-state index contributed by atoms with van der Waals surface area (Å²) < 4.78 is 3.19. The van der Waals surface area contributed by atoms with Gasteiger partial charge in [0.25, 0.3) is 0 Å². The number of H-pyrrole nitrogens is 1. The summed E-state index contributed by atoms with van der Waals surface area (Å²) in [6, 6.07) is 10.1. The molecular formula is C14H13BrIN3. The Kier molecular flexibility index (Phi) is 4.57. The predicted molar refractivity (Wildman–Crippen MR) is 75.1 cm³/mol. The maximum atomic E-state index is 4.61. The Morgan fingerprint density at radius 3 is 2.79 bits per heavy atom. The Labute approximate surface area is 137 Å². The van der Waals surface area contributed by atoms with Gasteiger partial charge < -0.3 is 29.0 Å². The third kappa shape index (κ3) is 2.97. The van der Waals surface area contributed by atoms with E-state index in [-0.39, 0.29) is 24.0 Å². The summed E-state index contributed by atoms with van der Waals surface area (Å²) in [7, 11) is 0. The van der Waals surface area contributed by atoms with Gasteiger partial charge in [0.05, 0.1) is 21.1 Å². The maximum absolute atomic E-state index is 4.61. The zero-order valence-electron chi connectivity index (χ0n) is 10.4. The quantitative estimate of drug-likeness (QED) is 0.461. The molecule has 1 N–H and O–H groups in total. The molecule has 5 heteroatoms. The van der Waals surface area contributed by atoms with Crippen LogP contribution in [0, 0.1) is 0 Å². The second-order valence-electron chi connectivity index (χ2n) is 4.18. The van der Waals surface area contributed by atoms with Crippen LogP contribution in [0.2, 0.25) is 0 Å². The average Bonchev–Trinajstić information content (AvgIpc) is 2.81. The van der Waals surface area contributed by atoms with Crippen LogP contribution in [0.4, 0.5) is 0 Å². The van der Waals surface area contributed by atoms with E-state index < -0.39 is 0 Å².